The second kappa shape index (κ2) is 7.77. The standard InChI is InChI=1S/C17H29N3/c1-3-20-12-9-17(10-13-20)19(2)11-8-15-6-4-5-7-16(15)14-18/h4-7,17H,3,8-14,18H2,1-2H3. The molecule has 3 nitrogen and oxygen atoms in total. The highest BCUT2D eigenvalue weighted by molar-refractivity contribution is 5.27. The Labute approximate surface area is 123 Å². The second-order valence-electron chi connectivity index (χ2n) is 5.87. The van der Waals surface area contributed by atoms with E-state index in [2.05, 4.69) is 48.0 Å². The minimum Gasteiger partial charge on any atom is -0.326 e. The lowest BCUT2D eigenvalue weighted by atomic mass is 10.0. The zero-order valence-corrected chi connectivity index (χ0v) is 13.0. The van der Waals surface area contributed by atoms with Gasteiger partial charge >= 0.3 is 0 Å². The third kappa shape index (κ3) is 4.05. The van der Waals surface area contributed by atoms with Crippen molar-refractivity contribution in [2.75, 3.05) is 33.2 Å². The van der Waals surface area contributed by atoms with Gasteiger partial charge in [-0.05, 0) is 57.1 Å². The van der Waals surface area contributed by atoms with Gasteiger partial charge in [-0.3, -0.25) is 0 Å². The van der Waals surface area contributed by atoms with Crippen molar-refractivity contribution in [3.05, 3.63) is 35.4 Å². The molecule has 3 heteroatoms. The normalized spacial score (nSPS) is 17.8. The van der Waals surface area contributed by atoms with Crippen molar-refractivity contribution >= 4 is 0 Å². The van der Waals surface area contributed by atoms with Crippen molar-refractivity contribution in [2.45, 2.75) is 38.8 Å². The van der Waals surface area contributed by atoms with Gasteiger partial charge in [-0.2, -0.15) is 0 Å². The highest BCUT2D eigenvalue weighted by Crippen LogP contribution is 2.16. The van der Waals surface area contributed by atoms with Crippen LogP contribution in [0.5, 0.6) is 0 Å². The Morgan fingerprint density at radius 3 is 2.45 bits per heavy atom. The molecule has 1 aromatic carbocycles. The average molecular weight is 275 g/mol. The lowest BCUT2D eigenvalue weighted by Gasteiger charge is -2.36. The molecule has 2 rings (SSSR count). The SMILES string of the molecule is CCN1CCC(N(C)CCc2ccccc2CN)CC1. The molecule has 0 atom stereocenters. The third-order valence-electron chi connectivity index (χ3n) is 4.70. The summed E-state index contributed by atoms with van der Waals surface area (Å²) in [6.07, 6.45) is 3.73. The van der Waals surface area contributed by atoms with Gasteiger partial charge in [-0.25, -0.2) is 0 Å². The van der Waals surface area contributed by atoms with E-state index in [1.165, 1.54) is 43.6 Å². The van der Waals surface area contributed by atoms with Crippen LogP contribution < -0.4 is 5.73 Å². The summed E-state index contributed by atoms with van der Waals surface area (Å²) in [6, 6.07) is 9.32. The van der Waals surface area contributed by atoms with Crippen LogP contribution in [-0.4, -0.2) is 49.1 Å². The molecular formula is C17H29N3. The van der Waals surface area contributed by atoms with Crippen LogP contribution in [0.2, 0.25) is 0 Å². The molecule has 2 N–H and O–H groups in total. The van der Waals surface area contributed by atoms with Gasteiger partial charge in [0.05, 0.1) is 0 Å². The Morgan fingerprint density at radius 2 is 1.85 bits per heavy atom. The van der Waals surface area contributed by atoms with Gasteiger partial charge in [0.25, 0.3) is 0 Å². The number of hydrogen-bond acceptors (Lipinski definition) is 3. The largest absolute Gasteiger partial charge is 0.326 e. The highest BCUT2D eigenvalue weighted by atomic mass is 15.2. The molecular weight excluding hydrogens is 246 g/mol. The topological polar surface area (TPSA) is 32.5 Å². The van der Waals surface area contributed by atoms with Crippen molar-refractivity contribution in [1.29, 1.82) is 0 Å². The lowest BCUT2D eigenvalue weighted by molar-refractivity contribution is 0.132. The van der Waals surface area contributed by atoms with Gasteiger partial charge in [-0.1, -0.05) is 31.2 Å². The first-order chi connectivity index (χ1) is 9.74. The van der Waals surface area contributed by atoms with Crippen LogP contribution >= 0.6 is 0 Å². The highest BCUT2D eigenvalue weighted by Gasteiger charge is 2.21. The summed E-state index contributed by atoms with van der Waals surface area (Å²) >= 11 is 0. The van der Waals surface area contributed by atoms with Crippen molar-refractivity contribution < 1.29 is 0 Å². The molecule has 1 saturated heterocycles. The van der Waals surface area contributed by atoms with E-state index in [0.29, 0.717) is 6.54 Å². The van der Waals surface area contributed by atoms with Crippen LogP contribution in [0.15, 0.2) is 24.3 Å². The molecule has 1 aliphatic rings. The molecule has 112 valence electrons. The van der Waals surface area contributed by atoms with Crippen molar-refractivity contribution in [3.63, 3.8) is 0 Å². The molecule has 0 unspecified atom stereocenters. The Balaban J connectivity index is 1.82. The summed E-state index contributed by atoms with van der Waals surface area (Å²) in [5.74, 6) is 0. The quantitative estimate of drug-likeness (QED) is 0.863. The first-order valence-electron chi connectivity index (χ1n) is 7.94. The summed E-state index contributed by atoms with van der Waals surface area (Å²) in [7, 11) is 2.28. The molecule has 1 fully saturated rings. The summed E-state index contributed by atoms with van der Waals surface area (Å²) in [6.45, 7) is 7.74. The van der Waals surface area contributed by atoms with Gasteiger partial charge in [0.2, 0.25) is 0 Å². The van der Waals surface area contributed by atoms with Crippen LogP contribution in [0.3, 0.4) is 0 Å². The molecule has 0 spiro atoms. The van der Waals surface area contributed by atoms with Gasteiger partial charge < -0.3 is 15.5 Å². The molecule has 20 heavy (non-hydrogen) atoms. The van der Waals surface area contributed by atoms with E-state index in [0.717, 1.165) is 19.0 Å². The van der Waals surface area contributed by atoms with E-state index in [4.69, 9.17) is 5.73 Å². The summed E-state index contributed by atoms with van der Waals surface area (Å²) in [5, 5.41) is 0. The van der Waals surface area contributed by atoms with Crippen LogP contribution in [0, 0.1) is 0 Å². The van der Waals surface area contributed by atoms with E-state index >= 15 is 0 Å². The van der Waals surface area contributed by atoms with Crippen molar-refractivity contribution in [1.82, 2.24) is 9.80 Å². The number of benzene rings is 1. The van der Waals surface area contributed by atoms with Crippen LogP contribution in [0.25, 0.3) is 0 Å². The number of likely N-dealkylation sites (N-methyl/N-ethyl adjacent to an activating group) is 1. The Morgan fingerprint density at radius 1 is 1.20 bits per heavy atom. The third-order valence-corrected chi connectivity index (χ3v) is 4.70. The first kappa shape index (κ1) is 15.5. The fourth-order valence-electron chi connectivity index (χ4n) is 3.16. The summed E-state index contributed by atoms with van der Waals surface area (Å²) in [4.78, 5) is 5.09. The molecule has 1 heterocycles. The van der Waals surface area contributed by atoms with Gasteiger partial charge in [0, 0.05) is 19.1 Å². The molecule has 0 amide bonds. The number of piperidine rings is 1. The van der Waals surface area contributed by atoms with E-state index < -0.39 is 0 Å². The van der Waals surface area contributed by atoms with Crippen molar-refractivity contribution in [2.24, 2.45) is 5.73 Å². The van der Waals surface area contributed by atoms with Crippen LogP contribution in [0.1, 0.15) is 30.9 Å². The number of rotatable bonds is 6. The predicted molar refractivity (Wildman–Crippen MR) is 85.8 cm³/mol. The predicted octanol–water partition coefficient (Wildman–Crippen LogP) is 2.10. The fraction of sp³-hybridized carbons (Fsp3) is 0.647. The number of nitrogens with two attached hydrogens (primary N) is 1. The molecule has 1 aliphatic heterocycles. The number of nitrogens with zero attached hydrogens (tertiary/aromatic N) is 2. The van der Waals surface area contributed by atoms with Gasteiger partial charge in [-0.15, -0.1) is 0 Å². The fourth-order valence-corrected chi connectivity index (χ4v) is 3.16. The Hall–Kier alpha value is -0.900. The molecule has 0 bridgehead atoms. The average Bonchev–Trinajstić information content (AvgIpc) is 2.53. The molecule has 0 saturated carbocycles. The number of likely N-dealkylation sites (tertiary alicyclic amines) is 1. The van der Waals surface area contributed by atoms with Crippen LogP contribution in [0.4, 0.5) is 0 Å². The first-order valence-corrected chi connectivity index (χ1v) is 7.94. The lowest BCUT2D eigenvalue weighted by Crippen LogP contribution is -2.43. The number of hydrogen-bond donors (Lipinski definition) is 1. The summed E-state index contributed by atoms with van der Waals surface area (Å²) < 4.78 is 0. The van der Waals surface area contributed by atoms with E-state index in [1.807, 2.05) is 0 Å². The van der Waals surface area contributed by atoms with Crippen LogP contribution in [-0.2, 0) is 13.0 Å². The smallest absolute Gasteiger partial charge is 0.0180 e. The van der Waals surface area contributed by atoms with E-state index in [1.54, 1.807) is 0 Å². The van der Waals surface area contributed by atoms with Gasteiger partial charge in [0.1, 0.15) is 0 Å². The summed E-state index contributed by atoms with van der Waals surface area (Å²) in [5.41, 5.74) is 8.51. The zero-order valence-electron chi connectivity index (χ0n) is 13.0. The van der Waals surface area contributed by atoms with E-state index in [9.17, 15) is 0 Å². The van der Waals surface area contributed by atoms with E-state index in [-0.39, 0.29) is 0 Å². The van der Waals surface area contributed by atoms with Gasteiger partial charge in [0.15, 0.2) is 0 Å². The molecule has 1 aromatic rings. The minimum absolute atomic E-state index is 0.648. The maximum atomic E-state index is 5.81. The van der Waals surface area contributed by atoms with Crippen molar-refractivity contribution in [3.8, 4) is 0 Å². The molecule has 0 aromatic heterocycles. The molecule has 0 aliphatic carbocycles. The second-order valence-corrected chi connectivity index (χ2v) is 5.87. The molecule has 0 radical (unpaired) electrons. The zero-order chi connectivity index (χ0) is 14.4. The maximum absolute atomic E-state index is 5.81. The Kier molecular flexibility index (Phi) is 6.02. The maximum Gasteiger partial charge on any atom is 0.0180 e. The minimum atomic E-state index is 0.648. The monoisotopic (exact) mass is 275 g/mol. The Bertz CT molecular complexity index is 397.